The molecule has 0 unspecified atom stereocenters. The summed E-state index contributed by atoms with van der Waals surface area (Å²) in [6, 6.07) is 13.0. The molecule has 0 aliphatic heterocycles. The van der Waals surface area contributed by atoms with E-state index < -0.39 is 0 Å². The molecular weight excluding hydrogens is 338 g/mol. The highest BCUT2D eigenvalue weighted by molar-refractivity contribution is 6.31. The molecule has 1 heterocycles. The maximum atomic E-state index is 12.5. The highest BCUT2D eigenvalue weighted by Crippen LogP contribution is 2.23. The number of nitrogens with one attached hydrogen (secondary N) is 1. The van der Waals surface area contributed by atoms with E-state index in [-0.39, 0.29) is 5.91 Å². The van der Waals surface area contributed by atoms with Crippen molar-refractivity contribution < 1.29 is 9.53 Å². The van der Waals surface area contributed by atoms with Crippen molar-refractivity contribution in [2.24, 2.45) is 0 Å². The molecule has 3 rings (SSSR count). The number of hydrogen-bond donors (Lipinski definition) is 1. The van der Waals surface area contributed by atoms with Crippen LogP contribution in [0.25, 0.3) is 10.9 Å². The van der Waals surface area contributed by atoms with Crippen molar-refractivity contribution in [2.75, 3.05) is 7.11 Å². The van der Waals surface area contributed by atoms with Crippen molar-refractivity contribution in [3.05, 3.63) is 58.7 Å². The normalized spacial score (nSPS) is 10.8. The zero-order valence-electron chi connectivity index (χ0n) is 14.3. The number of aryl methyl sites for hydroxylation is 1. The zero-order chi connectivity index (χ0) is 17.8. The maximum Gasteiger partial charge on any atom is 0.255 e. The standard InChI is InChI=1S/C19H20ClN3O2/c1-3-10-23-17-7-5-4-6-14(17)16(22-23)12-21-19(24)15-11-13(20)8-9-18(15)25-2/h4-9,11H,3,10,12H2,1-2H3,(H,21,24). The van der Waals surface area contributed by atoms with Crippen LogP contribution in [0.4, 0.5) is 0 Å². The van der Waals surface area contributed by atoms with Crippen LogP contribution in [-0.4, -0.2) is 22.8 Å². The summed E-state index contributed by atoms with van der Waals surface area (Å²) in [6.45, 7) is 3.30. The van der Waals surface area contributed by atoms with E-state index in [2.05, 4.69) is 17.3 Å². The Morgan fingerprint density at radius 2 is 2.08 bits per heavy atom. The minimum atomic E-state index is -0.242. The first kappa shape index (κ1) is 17.3. The van der Waals surface area contributed by atoms with Gasteiger partial charge in [0.05, 0.1) is 30.4 Å². The predicted molar refractivity (Wildman–Crippen MR) is 99.2 cm³/mol. The van der Waals surface area contributed by atoms with Gasteiger partial charge in [-0.2, -0.15) is 5.10 Å². The van der Waals surface area contributed by atoms with Gasteiger partial charge in [-0.05, 0) is 30.7 Å². The summed E-state index contributed by atoms with van der Waals surface area (Å²) in [5.74, 6) is 0.247. The number of fused-ring (bicyclic) bond motifs is 1. The average molecular weight is 358 g/mol. The molecular formula is C19H20ClN3O2. The second-order valence-electron chi connectivity index (χ2n) is 5.71. The number of aromatic nitrogens is 2. The number of nitrogens with zero attached hydrogens (tertiary/aromatic N) is 2. The number of methoxy groups -OCH3 is 1. The van der Waals surface area contributed by atoms with Crippen LogP contribution in [0.1, 0.15) is 29.4 Å². The molecule has 1 N–H and O–H groups in total. The highest BCUT2D eigenvalue weighted by Gasteiger charge is 2.15. The molecule has 0 radical (unpaired) electrons. The highest BCUT2D eigenvalue weighted by atomic mass is 35.5. The van der Waals surface area contributed by atoms with Gasteiger partial charge in [-0.1, -0.05) is 36.7 Å². The van der Waals surface area contributed by atoms with Gasteiger partial charge in [-0.15, -0.1) is 0 Å². The van der Waals surface area contributed by atoms with Crippen molar-refractivity contribution in [1.82, 2.24) is 15.1 Å². The minimum Gasteiger partial charge on any atom is -0.496 e. The molecule has 0 saturated carbocycles. The Balaban J connectivity index is 1.83. The summed E-state index contributed by atoms with van der Waals surface area (Å²) in [4.78, 5) is 12.5. The van der Waals surface area contributed by atoms with Crippen LogP contribution in [-0.2, 0) is 13.1 Å². The number of benzene rings is 2. The van der Waals surface area contributed by atoms with E-state index >= 15 is 0 Å². The van der Waals surface area contributed by atoms with E-state index in [9.17, 15) is 4.79 Å². The smallest absolute Gasteiger partial charge is 0.255 e. The van der Waals surface area contributed by atoms with E-state index in [1.54, 1.807) is 18.2 Å². The molecule has 3 aromatic rings. The van der Waals surface area contributed by atoms with Gasteiger partial charge in [0, 0.05) is 17.0 Å². The summed E-state index contributed by atoms with van der Waals surface area (Å²) in [7, 11) is 1.53. The van der Waals surface area contributed by atoms with Gasteiger partial charge < -0.3 is 10.1 Å². The van der Waals surface area contributed by atoms with Crippen LogP contribution in [0, 0.1) is 0 Å². The molecule has 1 aromatic heterocycles. The lowest BCUT2D eigenvalue weighted by Gasteiger charge is -2.09. The van der Waals surface area contributed by atoms with Crippen molar-refractivity contribution in [2.45, 2.75) is 26.4 Å². The lowest BCUT2D eigenvalue weighted by molar-refractivity contribution is 0.0947. The molecule has 0 bridgehead atoms. The van der Waals surface area contributed by atoms with Crippen LogP contribution < -0.4 is 10.1 Å². The summed E-state index contributed by atoms with van der Waals surface area (Å²) in [6.07, 6.45) is 0.997. The first-order chi connectivity index (χ1) is 12.1. The van der Waals surface area contributed by atoms with Gasteiger partial charge in [0.25, 0.3) is 5.91 Å². The number of rotatable bonds is 6. The van der Waals surface area contributed by atoms with Crippen LogP contribution >= 0.6 is 11.6 Å². The third kappa shape index (κ3) is 3.61. The molecule has 0 atom stereocenters. The van der Waals surface area contributed by atoms with Crippen LogP contribution in [0.3, 0.4) is 0 Å². The van der Waals surface area contributed by atoms with E-state index in [0.717, 1.165) is 29.6 Å². The van der Waals surface area contributed by atoms with Gasteiger partial charge >= 0.3 is 0 Å². The van der Waals surface area contributed by atoms with E-state index in [0.29, 0.717) is 22.9 Å². The summed E-state index contributed by atoms with van der Waals surface area (Å²) in [5.41, 5.74) is 2.33. The number of halogens is 1. The van der Waals surface area contributed by atoms with Crippen molar-refractivity contribution in [1.29, 1.82) is 0 Å². The van der Waals surface area contributed by atoms with Gasteiger partial charge in [0.1, 0.15) is 5.75 Å². The first-order valence-corrected chi connectivity index (χ1v) is 8.58. The summed E-state index contributed by atoms with van der Waals surface area (Å²) in [5, 5.41) is 9.10. The summed E-state index contributed by atoms with van der Waals surface area (Å²) < 4.78 is 7.22. The van der Waals surface area contributed by atoms with E-state index in [1.165, 1.54) is 7.11 Å². The second-order valence-corrected chi connectivity index (χ2v) is 6.15. The second kappa shape index (κ2) is 7.57. The molecule has 0 aliphatic rings. The monoisotopic (exact) mass is 357 g/mol. The van der Waals surface area contributed by atoms with Crippen molar-refractivity contribution in [3.63, 3.8) is 0 Å². The molecule has 0 aliphatic carbocycles. The molecule has 130 valence electrons. The molecule has 5 nitrogen and oxygen atoms in total. The number of hydrogen-bond acceptors (Lipinski definition) is 3. The molecule has 1 amide bonds. The third-order valence-electron chi connectivity index (χ3n) is 3.99. The van der Waals surface area contributed by atoms with Gasteiger partial charge in [-0.3, -0.25) is 9.48 Å². The van der Waals surface area contributed by atoms with Gasteiger partial charge in [0.15, 0.2) is 0 Å². The number of carbonyl (C=O) groups excluding carboxylic acids is 1. The molecule has 6 heteroatoms. The number of para-hydroxylation sites is 1. The zero-order valence-corrected chi connectivity index (χ0v) is 15.0. The molecule has 25 heavy (non-hydrogen) atoms. The fourth-order valence-electron chi connectivity index (χ4n) is 2.83. The maximum absolute atomic E-state index is 12.5. The Morgan fingerprint density at radius 3 is 2.84 bits per heavy atom. The Kier molecular flexibility index (Phi) is 5.24. The quantitative estimate of drug-likeness (QED) is 0.724. The Bertz CT molecular complexity index is 905. The largest absolute Gasteiger partial charge is 0.496 e. The number of amides is 1. The summed E-state index contributed by atoms with van der Waals surface area (Å²) >= 11 is 6.00. The van der Waals surface area contributed by atoms with Gasteiger partial charge in [-0.25, -0.2) is 0 Å². The van der Waals surface area contributed by atoms with E-state index in [1.807, 2.05) is 28.9 Å². The molecule has 2 aromatic carbocycles. The fourth-order valence-corrected chi connectivity index (χ4v) is 3.00. The van der Waals surface area contributed by atoms with Gasteiger partial charge in [0.2, 0.25) is 0 Å². The number of ether oxygens (including phenoxy) is 1. The van der Waals surface area contributed by atoms with Crippen LogP contribution in [0.5, 0.6) is 5.75 Å². The SMILES string of the molecule is CCCn1nc(CNC(=O)c2cc(Cl)ccc2OC)c2ccccc21. The number of carbonyl (C=O) groups is 1. The fraction of sp³-hybridized carbons (Fsp3) is 0.263. The van der Waals surface area contributed by atoms with E-state index in [4.69, 9.17) is 16.3 Å². The third-order valence-corrected chi connectivity index (χ3v) is 4.23. The Hall–Kier alpha value is -2.53. The lowest BCUT2D eigenvalue weighted by atomic mass is 10.1. The Labute approximate surface area is 151 Å². The average Bonchev–Trinajstić information content (AvgIpc) is 2.98. The molecule has 0 saturated heterocycles. The molecule has 0 spiro atoms. The molecule has 0 fully saturated rings. The minimum absolute atomic E-state index is 0.242. The topological polar surface area (TPSA) is 56.2 Å². The first-order valence-electron chi connectivity index (χ1n) is 8.20. The van der Waals surface area contributed by atoms with Crippen LogP contribution in [0.2, 0.25) is 5.02 Å². The van der Waals surface area contributed by atoms with Crippen molar-refractivity contribution in [3.8, 4) is 5.75 Å². The Morgan fingerprint density at radius 1 is 1.28 bits per heavy atom. The predicted octanol–water partition coefficient (Wildman–Crippen LogP) is 4.04. The van der Waals surface area contributed by atoms with Crippen molar-refractivity contribution >= 4 is 28.4 Å². The lowest BCUT2D eigenvalue weighted by Crippen LogP contribution is -2.23. The van der Waals surface area contributed by atoms with Crippen LogP contribution in [0.15, 0.2) is 42.5 Å².